The summed E-state index contributed by atoms with van der Waals surface area (Å²) in [6.07, 6.45) is 1.25. The predicted molar refractivity (Wildman–Crippen MR) is 67.8 cm³/mol. The number of aromatic hydroxyl groups is 1. The Morgan fingerprint density at radius 2 is 2.11 bits per heavy atom. The average molecular weight is 290 g/mol. The van der Waals surface area contributed by atoms with Crippen LogP contribution in [0, 0.1) is 0 Å². The van der Waals surface area contributed by atoms with Gasteiger partial charge in [0.2, 0.25) is 5.91 Å². The Morgan fingerprint density at radius 1 is 1.44 bits per heavy atom. The standard InChI is InChI=1S/C11H12ClNO4S/c1-18(16,17)8-2-3-10(14)9(5-8)13-6-7(12)4-11(13)15/h2-3,5,7,14H,4,6H2,1H3. The van der Waals surface area contributed by atoms with Crippen LogP contribution in [0.3, 0.4) is 0 Å². The minimum atomic E-state index is -3.38. The van der Waals surface area contributed by atoms with Crippen molar-refractivity contribution in [1.29, 1.82) is 0 Å². The van der Waals surface area contributed by atoms with E-state index in [1.54, 1.807) is 0 Å². The van der Waals surface area contributed by atoms with E-state index in [2.05, 4.69) is 0 Å². The van der Waals surface area contributed by atoms with E-state index in [1.807, 2.05) is 0 Å². The third-order valence-electron chi connectivity index (χ3n) is 2.74. The third kappa shape index (κ3) is 2.44. The molecule has 5 nitrogen and oxygen atoms in total. The fourth-order valence-electron chi connectivity index (χ4n) is 1.85. The van der Waals surface area contributed by atoms with Gasteiger partial charge in [-0.15, -0.1) is 11.6 Å². The summed E-state index contributed by atoms with van der Waals surface area (Å²) in [5.74, 6) is -0.363. The number of phenolic OH excluding ortho intramolecular Hbond substituents is 1. The van der Waals surface area contributed by atoms with Gasteiger partial charge in [0, 0.05) is 19.2 Å². The lowest BCUT2D eigenvalue weighted by atomic mass is 10.2. The zero-order valence-electron chi connectivity index (χ0n) is 9.63. The lowest BCUT2D eigenvalue weighted by Gasteiger charge is -2.18. The maximum absolute atomic E-state index is 11.7. The van der Waals surface area contributed by atoms with Crippen molar-refractivity contribution in [2.45, 2.75) is 16.7 Å². The molecule has 1 amide bonds. The van der Waals surface area contributed by atoms with E-state index in [0.29, 0.717) is 0 Å². The fraction of sp³-hybridized carbons (Fsp3) is 0.364. The first kappa shape index (κ1) is 13.2. The second-order valence-electron chi connectivity index (χ2n) is 4.23. The van der Waals surface area contributed by atoms with Gasteiger partial charge in [0.25, 0.3) is 0 Å². The van der Waals surface area contributed by atoms with Crippen LogP contribution in [-0.2, 0) is 14.6 Å². The van der Waals surface area contributed by atoms with Crippen molar-refractivity contribution >= 4 is 33.0 Å². The van der Waals surface area contributed by atoms with Crippen molar-refractivity contribution < 1.29 is 18.3 Å². The number of benzene rings is 1. The Morgan fingerprint density at radius 3 is 2.61 bits per heavy atom. The molecule has 98 valence electrons. The zero-order valence-corrected chi connectivity index (χ0v) is 11.2. The number of hydrogen-bond donors (Lipinski definition) is 1. The number of amides is 1. The molecular weight excluding hydrogens is 278 g/mol. The molecule has 1 aromatic rings. The van der Waals surface area contributed by atoms with Crippen molar-refractivity contribution in [3.05, 3.63) is 18.2 Å². The van der Waals surface area contributed by atoms with Crippen LogP contribution in [0.5, 0.6) is 5.75 Å². The molecule has 2 rings (SSSR count). The number of anilines is 1. The summed E-state index contributed by atoms with van der Waals surface area (Å²) in [4.78, 5) is 13.0. The number of carbonyl (C=O) groups is 1. The second-order valence-corrected chi connectivity index (χ2v) is 6.86. The smallest absolute Gasteiger partial charge is 0.228 e. The molecule has 1 N–H and O–H groups in total. The molecule has 1 aromatic carbocycles. The molecule has 1 atom stereocenters. The number of phenols is 1. The molecule has 1 fully saturated rings. The van der Waals surface area contributed by atoms with Gasteiger partial charge in [-0.25, -0.2) is 8.42 Å². The molecule has 1 saturated heterocycles. The summed E-state index contributed by atoms with van der Waals surface area (Å²) in [6, 6.07) is 3.85. The third-order valence-corrected chi connectivity index (χ3v) is 4.15. The van der Waals surface area contributed by atoms with E-state index in [4.69, 9.17) is 11.6 Å². The SMILES string of the molecule is CS(=O)(=O)c1ccc(O)c(N2CC(Cl)CC2=O)c1. The average Bonchev–Trinajstić information content (AvgIpc) is 2.56. The van der Waals surface area contributed by atoms with Gasteiger partial charge in [-0.1, -0.05) is 0 Å². The van der Waals surface area contributed by atoms with Crippen LogP contribution in [0.15, 0.2) is 23.1 Å². The molecule has 1 heterocycles. The van der Waals surface area contributed by atoms with Gasteiger partial charge in [0.05, 0.1) is 16.0 Å². The number of nitrogens with zero attached hydrogens (tertiary/aromatic N) is 1. The van der Waals surface area contributed by atoms with E-state index < -0.39 is 9.84 Å². The van der Waals surface area contributed by atoms with Crippen molar-refractivity contribution in [3.63, 3.8) is 0 Å². The number of sulfone groups is 1. The molecule has 7 heteroatoms. The van der Waals surface area contributed by atoms with Crippen LogP contribution in [0.1, 0.15) is 6.42 Å². The first-order chi connectivity index (χ1) is 8.29. The number of hydrogen-bond acceptors (Lipinski definition) is 4. The van der Waals surface area contributed by atoms with Crippen LogP contribution in [-0.4, -0.2) is 37.6 Å². The van der Waals surface area contributed by atoms with E-state index in [0.717, 1.165) is 6.26 Å². The molecule has 1 aliphatic heterocycles. The van der Waals surface area contributed by atoms with Gasteiger partial charge in [-0.3, -0.25) is 4.79 Å². The summed E-state index contributed by atoms with van der Waals surface area (Å²) >= 11 is 5.87. The highest BCUT2D eigenvalue weighted by molar-refractivity contribution is 7.90. The maximum atomic E-state index is 11.7. The van der Waals surface area contributed by atoms with Crippen molar-refractivity contribution in [2.24, 2.45) is 0 Å². The van der Waals surface area contributed by atoms with Gasteiger partial charge in [-0.2, -0.15) is 0 Å². The monoisotopic (exact) mass is 289 g/mol. The molecule has 1 aliphatic rings. The lowest BCUT2D eigenvalue weighted by molar-refractivity contribution is -0.117. The number of halogens is 1. The minimum absolute atomic E-state index is 0.0566. The zero-order chi connectivity index (χ0) is 13.5. The molecule has 0 saturated carbocycles. The van der Waals surface area contributed by atoms with E-state index in [9.17, 15) is 18.3 Å². The minimum Gasteiger partial charge on any atom is -0.506 e. The normalized spacial score (nSPS) is 20.4. The van der Waals surface area contributed by atoms with Crippen molar-refractivity contribution in [3.8, 4) is 5.75 Å². The van der Waals surface area contributed by atoms with Gasteiger partial charge < -0.3 is 10.0 Å². The molecule has 0 radical (unpaired) electrons. The summed E-state index contributed by atoms with van der Waals surface area (Å²) in [6.45, 7) is 0.265. The number of rotatable bonds is 2. The molecule has 0 bridgehead atoms. The number of carbonyl (C=O) groups excluding carboxylic acids is 1. The highest BCUT2D eigenvalue weighted by Crippen LogP contribution is 2.33. The maximum Gasteiger partial charge on any atom is 0.228 e. The van der Waals surface area contributed by atoms with Crippen LogP contribution in [0.4, 0.5) is 5.69 Å². The Bertz CT molecular complexity index is 599. The number of alkyl halides is 1. The molecule has 0 aliphatic carbocycles. The van der Waals surface area contributed by atoms with Crippen molar-refractivity contribution in [1.82, 2.24) is 0 Å². The Balaban J connectivity index is 2.48. The highest BCUT2D eigenvalue weighted by Gasteiger charge is 2.31. The summed E-state index contributed by atoms with van der Waals surface area (Å²) in [5, 5.41) is 9.41. The van der Waals surface area contributed by atoms with Crippen LogP contribution in [0.25, 0.3) is 0 Å². The van der Waals surface area contributed by atoms with Crippen LogP contribution >= 0.6 is 11.6 Å². The second kappa shape index (κ2) is 4.44. The van der Waals surface area contributed by atoms with Crippen LogP contribution in [0.2, 0.25) is 0 Å². The Labute approximate surface area is 110 Å². The fourth-order valence-corrected chi connectivity index (χ4v) is 2.76. The quantitative estimate of drug-likeness (QED) is 0.829. The predicted octanol–water partition coefficient (Wildman–Crippen LogP) is 1.14. The van der Waals surface area contributed by atoms with Gasteiger partial charge in [0.15, 0.2) is 9.84 Å². The first-order valence-electron chi connectivity index (χ1n) is 5.26. The molecular formula is C11H12ClNO4S. The molecule has 0 spiro atoms. The molecule has 0 aromatic heterocycles. The molecule has 18 heavy (non-hydrogen) atoms. The van der Waals surface area contributed by atoms with Gasteiger partial charge in [-0.05, 0) is 18.2 Å². The highest BCUT2D eigenvalue weighted by atomic mass is 35.5. The van der Waals surface area contributed by atoms with E-state index >= 15 is 0 Å². The lowest BCUT2D eigenvalue weighted by Crippen LogP contribution is -2.24. The summed E-state index contributed by atoms with van der Waals surface area (Å²) in [7, 11) is -3.38. The van der Waals surface area contributed by atoms with Crippen LogP contribution < -0.4 is 4.90 Å². The Hall–Kier alpha value is -1.27. The molecule has 1 unspecified atom stereocenters. The summed E-state index contributed by atoms with van der Waals surface area (Å²) in [5.41, 5.74) is 0.186. The van der Waals surface area contributed by atoms with Crippen molar-refractivity contribution in [2.75, 3.05) is 17.7 Å². The topological polar surface area (TPSA) is 74.7 Å². The van der Waals surface area contributed by atoms with Gasteiger partial charge in [0.1, 0.15) is 5.75 Å². The van der Waals surface area contributed by atoms with E-state index in [-0.39, 0.29) is 40.6 Å². The largest absolute Gasteiger partial charge is 0.506 e. The first-order valence-corrected chi connectivity index (χ1v) is 7.59. The summed E-state index contributed by atoms with van der Waals surface area (Å²) < 4.78 is 22.9. The van der Waals surface area contributed by atoms with Gasteiger partial charge >= 0.3 is 0 Å². The Kier molecular flexibility index (Phi) is 3.25. The van der Waals surface area contributed by atoms with E-state index in [1.165, 1.54) is 23.1 Å².